The van der Waals surface area contributed by atoms with E-state index in [4.69, 9.17) is 5.73 Å². The van der Waals surface area contributed by atoms with Crippen molar-refractivity contribution in [2.24, 2.45) is 5.73 Å². The van der Waals surface area contributed by atoms with Crippen LogP contribution in [0.2, 0.25) is 0 Å². The molecule has 0 bridgehead atoms. The predicted octanol–water partition coefficient (Wildman–Crippen LogP) is 2.74. The summed E-state index contributed by atoms with van der Waals surface area (Å²) in [4.78, 5) is 11.5. The predicted molar refractivity (Wildman–Crippen MR) is 87.5 cm³/mol. The van der Waals surface area contributed by atoms with Crippen LogP contribution in [0.15, 0.2) is 30.3 Å². The Hall–Kier alpha value is -1.85. The molecule has 0 aliphatic rings. The van der Waals surface area contributed by atoms with E-state index in [0.717, 1.165) is 24.1 Å². The monoisotopic (exact) mass is 308 g/mol. The molecule has 4 N–H and O–H groups in total. The molecule has 2 rings (SSSR count). The third kappa shape index (κ3) is 4.58. The van der Waals surface area contributed by atoms with Gasteiger partial charge in [-0.1, -0.05) is 37.6 Å². The fourth-order valence-corrected chi connectivity index (χ4v) is 1.91. The maximum atomic E-state index is 11.5. The molecule has 0 aliphatic heterocycles. The molecule has 0 fully saturated rings. The highest BCUT2D eigenvalue weighted by Crippen LogP contribution is 2.20. The van der Waals surface area contributed by atoms with E-state index in [-0.39, 0.29) is 18.3 Å². The lowest BCUT2D eigenvalue weighted by atomic mass is 10.1. The van der Waals surface area contributed by atoms with Gasteiger partial charge in [0.1, 0.15) is 0 Å². The number of hydrogen-bond acceptors (Lipinski definition) is 3. The summed E-state index contributed by atoms with van der Waals surface area (Å²) in [6, 6.07) is 9.57. The molecular formula is C15H21ClN4O. The Morgan fingerprint density at radius 1 is 1.38 bits per heavy atom. The third-order valence-corrected chi connectivity index (χ3v) is 3.05. The summed E-state index contributed by atoms with van der Waals surface area (Å²) in [7, 11) is 0. The lowest BCUT2D eigenvalue weighted by Crippen LogP contribution is -2.32. The van der Waals surface area contributed by atoms with E-state index in [0.29, 0.717) is 5.82 Å². The number of nitrogens with one attached hydrogen (secondary N) is 2. The van der Waals surface area contributed by atoms with E-state index >= 15 is 0 Å². The Labute approximate surface area is 130 Å². The van der Waals surface area contributed by atoms with Crippen LogP contribution in [0.1, 0.15) is 25.8 Å². The van der Waals surface area contributed by atoms with Crippen molar-refractivity contribution in [3.8, 4) is 11.3 Å². The topological polar surface area (TPSA) is 83.8 Å². The second kappa shape index (κ2) is 7.81. The van der Waals surface area contributed by atoms with Crippen LogP contribution in [0.5, 0.6) is 0 Å². The molecule has 0 saturated heterocycles. The van der Waals surface area contributed by atoms with Gasteiger partial charge in [-0.2, -0.15) is 5.10 Å². The zero-order valence-electron chi connectivity index (χ0n) is 12.2. The molecule has 1 heterocycles. The number of aromatic nitrogens is 2. The quantitative estimate of drug-likeness (QED) is 0.794. The molecule has 2 aromatic rings. The van der Waals surface area contributed by atoms with E-state index in [1.54, 1.807) is 13.0 Å². The highest BCUT2D eigenvalue weighted by atomic mass is 35.5. The zero-order chi connectivity index (χ0) is 14.5. The minimum Gasteiger partial charge on any atom is -0.320 e. The number of aromatic amines is 1. The molecule has 21 heavy (non-hydrogen) atoms. The SMILES string of the molecule is CCCc1ccc(-c2cc(NC(=O)C(C)N)n[nH]2)cc1.Cl. The molecule has 1 unspecified atom stereocenters. The lowest BCUT2D eigenvalue weighted by molar-refractivity contribution is -0.117. The highest BCUT2D eigenvalue weighted by Gasteiger charge is 2.10. The van der Waals surface area contributed by atoms with Gasteiger partial charge in [-0.15, -0.1) is 12.4 Å². The van der Waals surface area contributed by atoms with Crippen LogP contribution in [0.4, 0.5) is 5.82 Å². The molecule has 0 saturated carbocycles. The maximum absolute atomic E-state index is 11.5. The van der Waals surface area contributed by atoms with Gasteiger partial charge in [0.25, 0.3) is 0 Å². The third-order valence-electron chi connectivity index (χ3n) is 3.05. The van der Waals surface area contributed by atoms with Gasteiger partial charge in [0.15, 0.2) is 5.82 Å². The molecule has 0 spiro atoms. The molecule has 6 heteroatoms. The minimum atomic E-state index is -0.552. The van der Waals surface area contributed by atoms with Gasteiger partial charge in [-0.25, -0.2) is 0 Å². The van der Waals surface area contributed by atoms with Crippen LogP contribution in [-0.4, -0.2) is 22.1 Å². The number of carbonyl (C=O) groups excluding carboxylic acids is 1. The number of nitrogens with two attached hydrogens (primary N) is 1. The number of anilines is 1. The Bertz CT molecular complexity index is 578. The van der Waals surface area contributed by atoms with Crippen LogP contribution in [0, 0.1) is 0 Å². The Kier molecular flexibility index (Phi) is 6.39. The van der Waals surface area contributed by atoms with Gasteiger partial charge >= 0.3 is 0 Å². The second-order valence-corrected chi connectivity index (χ2v) is 4.89. The Morgan fingerprint density at radius 3 is 2.62 bits per heavy atom. The first-order chi connectivity index (χ1) is 9.60. The summed E-state index contributed by atoms with van der Waals surface area (Å²) >= 11 is 0. The largest absolute Gasteiger partial charge is 0.320 e. The molecule has 1 aromatic carbocycles. The van der Waals surface area contributed by atoms with Crippen LogP contribution >= 0.6 is 12.4 Å². The Morgan fingerprint density at radius 2 is 2.05 bits per heavy atom. The molecular weight excluding hydrogens is 288 g/mol. The van der Waals surface area contributed by atoms with Crippen molar-refractivity contribution in [1.29, 1.82) is 0 Å². The summed E-state index contributed by atoms with van der Waals surface area (Å²) in [5, 5.41) is 9.63. The minimum absolute atomic E-state index is 0. The highest BCUT2D eigenvalue weighted by molar-refractivity contribution is 5.93. The summed E-state index contributed by atoms with van der Waals surface area (Å²) in [6.45, 7) is 3.80. The normalized spacial score (nSPS) is 11.6. The summed E-state index contributed by atoms with van der Waals surface area (Å²) in [5.74, 6) is 0.237. The van der Waals surface area contributed by atoms with E-state index in [2.05, 4.69) is 46.7 Å². The first kappa shape index (κ1) is 17.2. The van der Waals surface area contributed by atoms with Crippen molar-refractivity contribution in [2.45, 2.75) is 32.7 Å². The number of rotatable bonds is 5. The van der Waals surface area contributed by atoms with Crippen LogP contribution in [0.25, 0.3) is 11.3 Å². The zero-order valence-corrected chi connectivity index (χ0v) is 13.0. The number of benzene rings is 1. The molecule has 5 nitrogen and oxygen atoms in total. The van der Waals surface area contributed by atoms with Crippen molar-refractivity contribution < 1.29 is 4.79 Å². The Balaban J connectivity index is 0.00000220. The van der Waals surface area contributed by atoms with Crippen molar-refractivity contribution in [1.82, 2.24) is 10.2 Å². The van der Waals surface area contributed by atoms with Gasteiger partial charge in [0.05, 0.1) is 11.7 Å². The maximum Gasteiger partial charge on any atom is 0.242 e. The van der Waals surface area contributed by atoms with Crippen molar-refractivity contribution >= 4 is 24.1 Å². The average Bonchev–Trinajstić information content (AvgIpc) is 2.88. The first-order valence-electron chi connectivity index (χ1n) is 6.81. The summed E-state index contributed by atoms with van der Waals surface area (Å²) in [5.41, 5.74) is 8.73. The van der Waals surface area contributed by atoms with Crippen LogP contribution in [0.3, 0.4) is 0 Å². The standard InChI is InChI=1S/C15H20N4O.ClH/c1-3-4-11-5-7-12(8-6-11)13-9-14(19-18-13)17-15(20)10(2)16;/h5-10H,3-4,16H2,1-2H3,(H2,17,18,19,20);1H. The number of carbonyl (C=O) groups is 1. The lowest BCUT2D eigenvalue weighted by Gasteiger charge is -2.03. The molecule has 1 atom stereocenters. The number of nitrogens with zero attached hydrogens (tertiary/aromatic N) is 1. The van der Waals surface area contributed by atoms with E-state index in [1.807, 2.05) is 0 Å². The van der Waals surface area contributed by atoms with Gasteiger partial charge in [-0.3, -0.25) is 9.89 Å². The second-order valence-electron chi connectivity index (χ2n) is 4.89. The van der Waals surface area contributed by atoms with E-state index in [1.165, 1.54) is 5.56 Å². The molecule has 1 amide bonds. The van der Waals surface area contributed by atoms with Gasteiger partial charge in [0, 0.05) is 6.07 Å². The van der Waals surface area contributed by atoms with E-state index in [9.17, 15) is 4.79 Å². The molecule has 0 aliphatic carbocycles. The summed E-state index contributed by atoms with van der Waals surface area (Å²) in [6.07, 6.45) is 2.22. The molecule has 114 valence electrons. The number of halogens is 1. The first-order valence-corrected chi connectivity index (χ1v) is 6.81. The molecule has 0 radical (unpaired) electrons. The van der Waals surface area contributed by atoms with Crippen molar-refractivity contribution in [3.63, 3.8) is 0 Å². The van der Waals surface area contributed by atoms with Gasteiger partial charge in [0.2, 0.25) is 5.91 Å². The fourth-order valence-electron chi connectivity index (χ4n) is 1.91. The van der Waals surface area contributed by atoms with Crippen molar-refractivity contribution in [3.05, 3.63) is 35.9 Å². The number of H-pyrrole nitrogens is 1. The van der Waals surface area contributed by atoms with E-state index < -0.39 is 6.04 Å². The van der Waals surface area contributed by atoms with Crippen LogP contribution < -0.4 is 11.1 Å². The van der Waals surface area contributed by atoms with Crippen molar-refractivity contribution in [2.75, 3.05) is 5.32 Å². The number of hydrogen-bond donors (Lipinski definition) is 3. The van der Waals surface area contributed by atoms with Gasteiger partial charge in [-0.05, 0) is 24.5 Å². The smallest absolute Gasteiger partial charge is 0.242 e. The number of aryl methyl sites for hydroxylation is 1. The molecule has 1 aromatic heterocycles. The van der Waals surface area contributed by atoms with Gasteiger partial charge < -0.3 is 11.1 Å². The number of amides is 1. The average molecular weight is 309 g/mol. The summed E-state index contributed by atoms with van der Waals surface area (Å²) < 4.78 is 0. The fraction of sp³-hybridized carbons (Fsp3) is 0.333. The van der Waals surface area contributed by atoms with Crippen LogP contribution in [-0.2, 0) is 11.2 Å².